The summed E-state index contributed by atoms with van der Waals surface area (Å²) in [4.78, 5) is 49.0. The van der Waals surface area contributed by atoms with Crippen LogP contribution in [0.5, 0.6) is 0 Å². The van der Waals surface area contributed by atoms with Crippen molar-refractivity contribution in [3.05, 3.63) is 54.1 Å². The Hall–Kier alpha value is -3.68. The number of ether oxygens (including phenoxy) is 1. The molecule has 0 unspecified atom stereocenters. The second-order valence-corrected chi connectivity index (χ2v) is 6.24. The number of carbonyl (C=O) groups excluding carboxylic acids is 4. The van der Waals surface area contributed by atoms with E-state index >= 15 is 0 Å². The predicted molar refractivity (Wildman–Crippen MR) is 110 cm³/mol. The minimum Gasteiger partial charge on any atom is -0.465 e. The summed E-state index contributed by atoms with van der Waals surface area (Å²) >= 11 is 0. The maximum absolute atomic E-state index is 12.4. The van der Waals surface area contributed by atoms with Crippen LogP contribution in [-0.4, -0.2) is 37.3 Å². The number of nitrogens with zero attached hydrogens (tertiary/aromatic N) is 1. The monoisotopic (exact) mass is 397 g/mol. The van der Waals surface area contributed by atoms with E-state index in [0.29, 0.717) is 17.1 Å². The molecule has 0 saturated carbocycles. The minimum absolute atomic E-state index is 0.0133. The lowest BCUT2D eigenvalue weighted by Gasteiger charge is -2.23. The molecule has 0 radical (unpaired) electrons. The van der Waals surface area contributed by atoms with Crippen LogP contribution in [0.4, 0.5) is 17.1 Å². The molecule has 0 atom stereocenters. The Labute approximate surface area is 168 Å². The molecule has 0 saturated heterocycles. The summed E-state index contributed by atoms with van der Waals surface area (Å²) in [6.45, 7) is 2.84. The molecule has 8 heteroatoms. The Kier molecular flexibility index (Phi) is 7.47. The highest BCUT2D eigenvalue weighted by atomic mass is 16.5. The highest BCUT2D eigenvalue weighted by Gasteiger charge is 2.20. The Bertz CT molecular complexity index is 926. The van der Waals surface area contributed by atoms with Gasteiger partial charge in [0.15, 0.2) is 0 Å². The fraction of sp³-hybridized carbons (Fsp3) is 0.238. The van der Waals surface area contributed by atoms with Gasteiger partial charge in [-0.05, 0) is 30.3 Å². The van der Waals surface area contributed by atoms with Crippen molar-refractivity contribution in [1.29, 1.82) is 0 Å². The van der Waals surface area contributed by atoms with Crippen molar-refractivity contribution in [2.75, 3.05) is 29.2 Å². The van der Waals surface area contributed by atoms with E-state index in [-0.39, 0.29) is 36.3 Å². The molecule has 0 aliphatic heterocycles. The van der Waals surface area contributed by atoms with Crippen LogP contribution in [0.3, 0.4) is 0 Å². The number of amides is 3. The molecule has 8 nitrogen and oxygen atoms in total. The first-order valence-electron chi connectivity index (χ1n) is 8.94. The first-order chi connectivity index (χ1) is 13.8. The van der Waals surface area contributed by atoms with Gasteiger partial charge in [0.2, 0.25) is 17.7 Å². The van der Waals surface area contributed by atoms with E-state index in [2.05, 4.69) is 10.6 Å². The number of para-hydroxylation sites is 1. The zero-order valence-corrected chi connectivity index (χ0v) is 16.5. The van der Waals surface area contributed by atoms with Gasteiger partial charge in [-0.3, -0.25) is 14.4 Å². The maximum atomic E-state index is 12.4. The van der Waals surface area contributed by atoms with Crippen LogP contribution >= 0.6 is 0 Å². The van der Waals surface area contributed by atoms with Gasteiger partial charge in [0.05, 0.1) is 18.4 Å². The number of methoxy groups -OCH3 is 1. The lowest BCUT2D eigenvalue weighted by molar-refractivity contribution is -0.117. The van der Waals surface area contributed by atoms with Gasteiger partial charge >= 0.3 is 5.97 Å². The van der Waals surface area contributed by atoms with Gasteiger partial charge in [-0.2, -0.15) is 0 Å². The molecule has 152 valence electrons. The molecule has 2 rings (SSSR count). The van der Waals surface area contributed by atoms with E-state index in [1.54, 1.807) is 48.5 Å². The Morgan fingerprint density at radius 2 is 1.59 bits per heavy atom. The molecule has 2 N–H and O–H groups in total. The largest absolute Gasteiger partial charge is 0.465 e. The Morgan fingerprint density at radius 1 is 0.931 bits per heavy atom. The van der Waals surface area contributed by atoms with Crippen molar-refractivity contribution < 1.29 is 23.9 Å². The van der Waals surface area contributed by atoms with Crippen LogP contribution in [-0.2, 0) is 19.1 Å². The highest BCUT2D eigenvalue weighted by molar-refractivity contribution is 6.02. The fourth-order valence-corrected chi connectivity index (χ4v) is 2.75. The SMILES string of the molecule is COC(=O)c1ccccc1N(CCC(=O)Nc1cccc(NC(C)=O)c1)C(C)=O. The molecule has 3 amide bonds. The summed E-state index contributed by atoms with van der Waals surface area (Å²) < 4.78 is 4.76. The number of rotatable bonds is 7. The summed E-state index contributed by atoms with van der Waals surface area (Å²) in [6, 6.07) is 13.3. The van der Waals surface area contributed by atoms with E-state index in [9.17, 15) is 19.2 Å². The fourth-order valence-electron chi connectivity index (χ4n) is 2.75. The van der Waals surface area contributed by atoms with Gasteiger partial charge in [0.25, 0.3) is 0 Å². The standard InChI is InChI=1S/C21H23N3O5/c1-14(25)22-16-7-6-8-17(13-16)23-20(27)11-12-24(15(2)26)19-10-5-4-9-18(19)21(28)29-3/h4-10,13H,11-12H2,1-3H3,(H,22,25)(H,23,27). The van der Waals surface area contributed by atoms with Crippen LogP contribution in [0.2, 0.25) is 0 Å². The predicted octanol–water partition coefficient (Wildman–Crippen LogP) is 2.81. The van der Waals surface area contributed by atoms with Crippen LogP contribution < -0.4 is 15.5 Å². The molecule has 0 spiro atoms. The molecule has 2 aromatic rings. The minimum atomic E-state index is -0.564. The number of esters is 1. The average Bonchev–Trinajstić information content (AvgIpc) is 2.67. The van der Waals surface area contributed by atoms with Crippen molar-refractivity contribution in [3.63, 3.8) is 0 Å². The van der Waals surface area contributed by atoms with Crippen molar-refractivity contribution >= 4 is 40.8 Å². The van der Waals surface area contributed by atoms with E-state index in [4.69, 9.17) is 4.74 Å². The molecule has 0 aromatic heterocycles. The van der Waals surface area contributed by atoms with Crippen LogP contribution in [0.1, 0.15) is 30.6 Å². The second-order valence-electron chi connectivity index (χ2n) is 6.24. The van der Waals surface area contributed by atoms with Crippen molar-refractivity contribution in [2.45, 2.75) is 20.3 Å². The number of benzene rings is 2. The third kappa shape index (κ3) is 6.17. The third-order valence-corrected chi connectivity index (χ3v) is 4.01. The van der Waals surface area contributed by atoms with Crippen LogP contribution in [0.15, 0.2) is 48.5 Å². The summed E-state index contributed by atoms with van der Waals surface area (Å²) in [5, 5.41) is 5.37. The van der Waals surface area contributed by atoms with Gasteiger partial charge in [0.1, 0.15) is 0 Å². The van der Waals surface area contributed by atoms with Gasteiger partial charge in [-0.25, -0.2) is 4.79 Å². The maximum Gasteiger partial charge on any atom is 0.339 e. The molecule has 0 bridgehead atoms. The quantitative estimate of drug-likeness (QED) is 0.699. The number of carbonyl (C=O) groups is 4. The first-order valence-corrected chi connectivity index (χ1v) is 8.94. The van der Waals surface area contributed by atoms with Crippen molar-refractivity contribution in [1.82, 2.24) is 0 Å². The molecule has 2 aromatic carbocycles. The number of nitrogens with one attached hydrogen (secondary N) is 2. The normalized spacial score (nSPS) is 10.0. The summed E-state index contributed by atoms with van der Waals surface area (Å²) in [7, 11) is 1.26. The summed E-state index contributed by atoms with van der Waals surface area (Å²) in [6.07, 6.45) is 0.0133. The zero-order valence-electron chi connectivity index (χ0n) is 16.5. The molecule has 0 aliphatic carbocycles. The number of hydrogen-bond acceptors (Lipinski definition) is 5. The summed E-state index contributed by atoms with van der Waals surface area (Å²) in [5.74, 6) is -1.39. The van der Waals surface area contributed by atoms with Crippen LogP contribution in [0, 0.1) is 0 Å². The van der Waals surface area contributed by atoms with Gasteiger partial charge in [-0.15, -0.1) is 0 Å². The molecule has 0 fully saturated rings. The highest BCUT2D eigenvalue weighted by Crippen LogP contribution is 2.22. The molecule has 0 heterocycles. The van der Waals surface area contributed by atoms with E-state index in [1.165, 1.54) is 25.9 Å². The molecular weight excluding hydrogens is 374 g/mol. The van der Waals surface area contributed by atoms with Crippen LogP contribution in [0.25, 0.3) is 0 Å². The van der Waals surface area contributed by atoms with Crippen molar-refractivity contribution in [3.8, 4) is 0 Å². The number of anilines is 3. The van der Waals surface area contributed by atoms with E-state index in [0.717, 1.165) is 0 Å². The topological polar surface area (TPSA) is 105 Å². The van der Waals surface area contributed by atoms with Gasteiger partial charge in [0, 0.05) is 38.2 Å². The molecule has 29 heavy (non-hydrogen) atoms. The Balaban J connectivity index is 2.08. The second kappa shape index (κ2) is 10.0. The summed E-state index contributed by atoms with van der Waals surface area (Å²) in [5.41, 5.74) is 1.71. The Morgan fingerprint density at radius 3 is 2.21 bits per heavy atom. The van der Waals surface area contributed by atoms with E-state index in [1.807, 2.05) is 0 Å². The van der Waals surface area contributed by atoms with E-state index < -0.39 is 5.97 Å². The van der Waals surface area contributed by atoms with Crippen molar-refractivity contribution in [2.24, 2.45) is 0 Å². The lowest BCUT2D eigenvalue weighted by Crippen LogP contribution is -2.33. The average molecular weight is 397 g/mol. The van der Waals surface area contributed by atoms with Gasteiger partial charge < -0.3 is 20.3 Å². The molecular formula is C21H23N3O5. The molecule has 0 aliphatic rings. The third-order valence-electron chi connectivity index (χ3n) is 4.01. The zero-order chi connectivity index (χ0) is 21.4. The number of hydrogen-bond donors (Lipinski definition) is 2. The smallest absolute Gasteiger partial charge is 0.339 e. The lowest BCUT2D eigenvalue weighted by atomic mass is 10.1. The first kappa shape index (κ1) is 21.6. The van der Waals surface area contributed by atoms with Gasteiger partial charge in [-0.1, -0.05) is 18.2 Å².